The summed E-state index contributed by atoms with van der Waals surface area (Å²) in [7, 11) is 1.47. The minimum absolute atomic E-state index is 0.202. The van der Waals surface area contributed by atoms with E-state index in [4.69, 9.17) is 4.74 Å². The summed E-state index contributed by atoms with van der Waals surface area (Å²) < 4.78 is 19.0. The molecule has 0 aliphatic carbocycles. The minimum atomic E-state index is -1.06. The summed E-state index contributed by atoms with van der Waals surface area (Å²) in [4.78, 5) is 0. The zero-order valence-electron chi connectivity index (χ0n) is 11.7. The van der Waals surface area contributed by atoms with Gasteiger partial charge in [0.1, 0.15) is 17.7 Å². The Bertz CT molecular complexity index is 617. The van der Waals surface area contributed by atoms with Crippen molar-refractivity contribution in [2.24, 2.45) is 0 Å². The Hall–Kier alpha value is -2.01. The maximum absolute atomic E-state index is 14.0. The van der Waals surface area contributed by atoms with Crippen molar-refractivity contribution >= 4 is 0 Å². The lowest BCUT2D eigenvalue weighted by Gasteiger charge is -2.16. The zero-order valence-corrected chi connectivity index (χ0v) is 11.7. The van der Waals surface area contributed by atoms with Crippen LogP contribution in [0.25, 0.3) is 0 Å². The monoisotopic (exact) mass is 276 g/mol. The smallest absolute Gasteiger partial charge is 0.133 e. The van der Waals surface area contributed by atoms with Gasteiger partial charge in [0.25, 0.3) is 0 Å². The van der Waals surface area contributed by atoms with E-state index in [2.05, 4.69) is 10.2 Å². The highest BCUT2D eigenvalue weighted by Crippen LogP contribution is 2.28. The van der Waals surface area contributed by atoms with Gasteiger partial charge in [-0.2, -0.15) is 10.2 Å². The lowest BCUT2D eigenvalue weighted by atomic mass is 9.98. The second kappa shape index (κ2) is 5.96. The zero-order chi connectivity index (χ0) is 14.7. The molecule has 1 aromatic carbocycles. The fourth-order valence-electron chi connectivity index (χ4n) is 2.07. The maximum atomic E-state index is 14.0. The van der Waals surface area contributed by atoms with Gasteiger partial charge in [0.15, 0.2) is 0 Å². The average Bonchev–Trinajstić information content (AvgIpc) is 2.46. The molecule has 0 saturated heterocycles. The number of rotatable bonds is 4. The number of hydrogen-bond donors (Lipinski definition) is 1. The van der Waals surface area contributed by atoms with Crippen LogP contribution in [0.1, 0.15) is 35.5 Å². The first-order valence-corrected chi connectivity index (χ1v) is 6.41. The van der Waals surface area contributed by atoms with Crippen LogP contribution in [0.15, 0.2) is 24.3 Å². The molecule has 1 atom stereocenters. The highest BCUT2D eigenvalue weighted by Gasteiger charge is 2.19. The van der Waals surface area contributed by atoms with Crippen LogP contribution in [-0.2, 0) is 6.42 Å². The quantitative estimate of drug-likeness (QED) is 0.932. The Morgan fingerprint density at radius 2 is 2.00 bits per heavy atom. The number of hydrogen-bond acceptors (Lipinski definition) is 4. The van der Waals surface area contributed by atoms with E-state index in [1.807, 2.05) is 6.92 Å². The van der Waals surface area contributed by atoms with Crippen molar-refractivity contribution in [3.63, 3.8) is 0 Å². The number of aliphatic hydroxyl groups excluding tert-OH is 1. The van der Waals surface area contributed by atoms with Gasteiger partial charge in [-0.3, -0.25) is 0 Å². The first kappa shape index (κ1) is 14.4. The van der Waals surface area contributed by atoms with Gasteiger partial charge in [0.05, 0.1) is 18.5 Å². The van der Waals surface area contributed by atoms with Gasteiger partial charge in [-0.25, -0.2) is 4.39 Å². The number of aliphatic hydroxyl groups is 1. The minimum Gasteiger partial charge on any atom is -0.497 e. The van der Waals surface area contributed by atoms with E-state index < -0.39 is 11.9 Å². The molecule has 0 aliphatic rings. The molecule has 20 heavy (non-hydrogen) atoms. The summed E-state index contributed by atoms with van der Waals surface area (Å²) in [6, 6.07) is 6.13. The average molecular weight is 276 g/mol. The van der Waals surface area contributed by atoms with Gasteiger partial charge in [-0.1, -0.05) is 6.92 Å². The van der Waals surface area contributed by atoms with Crippen LogP contribution in [0, 0.1) is 12.7 Å². The summed E-state index contributed by atoms with van der Waals surface area (Å²) in [5.74, 6) is -0.0911. The normalized spacial score (nSPS) is 12.2. The maximum Gasteiger partial charge on any atom is 0.133 e. The molecule has 0 saturated carbocycles. The number of aryl methyl sites for hydroxylation is 2. The van der Waals surface area contributed by atoms with Gasteiger partial charge >= 0.3 is 0 Å². The highest BCUT2D eigenvalue weighted by atomic mass is 19.1. The Labute approximate surface area is 117 Å². The molecule has 0 radical (unpaired) electrons. The summed E-state index contributed by atoms with van der Waals surface area (Å²) in [6.07, 6.45) is -0.442. The fraction of sp³-hybridized carbons (Fsp3) is 0.333. The number of methoxy groups -OCH3 is 1. The lowest BCUT2D eigenvalue weighted by Crippen LogP contribution is -2.09. The molecular weight excluding hydrogens is 259 g/mol. The van der Waals surface area contributed by atoms with Crippen LogP contribution in [0.5, 0.6) is 5.75 Å². The second-order valence-corrected chi connectivity index (χ2v) is 4.53. The van der Waals surface area contributed by atoms with E-state index in [0.29, 0.717) is 29.1 Å². The fourth-order valence-corrected chi connectivity index (χ4v) is 2.07. The van der Waals surface area contributed by atoms with Crippen LogP contribution in [-0.4, -0.2) is 22.4 Å². The Balaban J connectivity index is 2.45. The first-order valence-electron chi connectivity index (χ1n) is 6.41. The largest absolute Gasteiger partial charge is 0.497 e. The molecular formula is C15H17FN2O2. The molecule has 0 aliphatic heterocycles. The molecule has 106 valence electrons. The summed E-state index contributed by atoms with van der Waals surface area (Å²) in [5.41, 5.74) is 2.14. The SMILES string of the molecule is CCc1nnc(C)cc1C(O)c1ccc(OC)cc1F. The third-order valence-electron chi connectivity index (χ3n) is 3.16. The van der Waals surface area contributed by atoms with Crippen LogP contribution in [0.2, 0.25) is 0 Å². The molecule has 1 heterocycles. The van der Waals surface area contributed by atoms with Crippen LogP contribution in [0.4, 0.5) is 4.39 Å². The molecule has 1 aromatic heterocycles. The molecule has 2 aromatic rings. The van der Waals surface area contributed by atoms with E-state index in [-0.39, 0.29) is 5.56 Å². The Morgan fingerprint density at radius 1 is 1.25 bits per heavy atom. The van der Waals surface area contributed by atoms with Gasteiger partial charge in [-0.15, -0.1) is 0 Å². The van der Waals surface area contributed by atoms with Crippen molar-refractivity contribution in [1.82, 2.24) is 10.2 Å². The molecule has 5 heteroatoms. The van der Waals surface area contributed by atoms with Gasteiger partial charge in [0, 0.05) is 17.2 Å². The van der Waals surface area contributed by atoms with Crippen LogP contribution < -0.4 is 4.74 Å². The van der Waals surface area contributed by atoms with Gasteiger partial charge in [-0.05, 0) is 31.5 Å². The summed E-state index contributed by atoms with van der Waals surface area (Å²) >= 11 is 0. The van der Waals surface area contributed by atoms with Crippen molar-refractivity contribution in [1.29, 1.82) is 0 Å². The molecule has 2 rings (SSSR count). The molecule has 0 bridgehead atoms. The molecule has 4 nitrogen and oxygen atoms in total. The van der Waals surface area contributed by atoms with E-state index in [1.165, 1.54) is 19.2 Å². The number of benzene rings is 1. The first-order chi connectivity index (χ1) is 9.56. The Morgan fingerprint density at radius 3 is 2.60 bits per heavy atom. The Kier molecular flexibility index (Phi) is 4.29. The molecule has 0 fully saturated rings. The van der Waals surface area contributed by atoms with Gasteiger partial charge in [0.2, 0.25) is 0 Å². The number of ether oxygens (including phenoxy) is 1. The predicted octanol–water partition coefficient (Wildman–Crippen LogP) is 2.58. The molecule has 0 spiro atoms. The van der Waals surface area contributed by atoms with E-state index in [0.717, 1.165) is 0 Å². The second-order valence-electron chi connectivity index (χ2n) is 4.53. The number of nitrogens with zero attached hydrogens (tertiary/aromatic N) is 2. The number of halogens is 1. The summed E-state index contributed by atoms with van der Waals surface area (Å²) in [5, 5.41) is 18.4. The van der Waals surface area contributed by atoms with Crippen LogP contribution in [0.3, 0.4) is 0 Å². The molecule has 1 N–H and O–H groups in total. The van der Waals surface area contributed by atoms with Crippen molar-refractivity contribution in [2.75, 3.05) is 7.11 Å². The third kappa shape index (κ3) is 2.77. The standard InChI is InChI=1S/C15H17FN2O2/c1-4-14-12(7-9(2)17-18-14)15(19)11-6-5-10(20-3)8-13(11)16/h5-8,15,19H,4H2,1-3H3. The van der Waals surface area contributed by atoms with E-state index >= 15 is 0 Å². The topological polar surface area (TPSA) is 55.2 Å². The highest BCUT2D eigenvalue weighted by molar-refractivity contribution is 5.37. The third-order valence-corrected chi connectivity index (χ3v) is 3.16. The van der Waals surface area contributed by atoms with E-state index in [1.54, 1.807) is 19.1 Å². The van der Waals surface area contributed by atoms with Crippen molar-refractivity contribution < 1.29 is 14.2 Å². The predicted molar refractivity (Wildman–Crippen MR) is 73.2 cm³/mol. The molecule has 1 unspecified atom stereocenters. The van der Waals surface area contributed by atoms with Crippen molar-refractivity contribution in [2.45, 2.75) is 26.4 Å². The summed E-state index contributed by atoms with van der Waals surface area (Å²) in [6.45, 7) is 3.70. The number of aromatic nitrogens is 2. The van der Waals surface area contributed by atoms with Gasteiger partial charge < -0.3 is 9.84 Å². The van der Waals surface area contributed by atoms with E-state index in [9.17, 15) is 9.50 Å². The lowest BCUT2D eigenvalue weighted by molar-refractivity contribution is 0.212. The van der Waals surface area contributed by atoms with Crippen molar-refractivity contribution in [3.8, 4) is 5.75 Å². The van der Waals surface area contributed by atoms with Crippen LogP contribution >= 0.6 is 0 Å². The molecule has 0 amide bonds. The van der Waals surface area contributed by atoms with Crippen molar-refractivity contribution in [3.05, 3.63) is 52.6 Å².